The Morgan fingerprint density at radius 1 is 1.35 bits per heavy atom. The number of benzene rings is 1. The van der Waals surface area contributed by atoms with Crippen LogP contribution in [0.3, 0.4) is 0 Å². The van der Waals surface area contributed by atoms with Gasteiger partial charge in [0.25, 0.3) is 0 Å². The Balaban J connectivity index is 2.05. The number of aryl methyl sites for hydroxylation is 1. The summed E-state index contributed by atoms with van der Waals surface area (Å²) < 4.78 is 7.27. The topological polar surface area (TPSA) is 104 Å². The fraction of sp³-hybridized carbons (Fsp3) is 0.333. The van der Waals surface area contributed by atoms with Crippen molar-refractivity contribution in [2.24, 2.45) is 0 Å². The van der Waals surface area contributed by atoms with E-state index in [1.165, 1.54) is 0 Å². The highest BCUT2D eigenvalue weighted by molar-refractivity contribution is 5.95. The van der Waals surface area contributed by atoms with Crippen LogP contribution in [-0.4, -0.2) is 31.8 Å². The first-order chi connectivity index (χ1) is 11.1. The van der Waals surface area contributed by atoms with Crippen LogP contribution in [0.2, 0.25) is 0 Å². The molecule has 0 aliphatic rings. The van der Waals surface area contributed by atoms with Gasteiger partial charge in [0.2, 0.25) is 5.95 Å². The molecule has 8 nitrogen and oxygen atoms in total. The lowest BCUT2D eigenvalue weighted by atomic mass is 10.2. The highest BCUT2D eigenvalue weighted by Gasteiger charge is 2.17. The number of nitrogens with two attached hydrogens (primary N) is 1. The number of fused-ring (bicyclic) bond motifs is 1. The van der Waals surface area contributed by atoms with Crippen LogP contribution in [0.5, 0.6) is 5.75 Å². The second-order valence-electron chi connectivity index (χ2n) is 5.08. The standard InChI is InChI=1S/C15H19N7O/c1-4-22-14(17-8-18-22)9(2)19-13-12-10(20-15(16)21-13)6-5-7-11(12)23-3/h5-9H,4H2,1-3H3,(H3,16,19,20,21). The minimum absolute atomic E-state index is 0.0973. The predicted octanol–water partition coefficient (Wildman–Crippen LogP) is 2.01. The summed E-state index contributed by atoms with van der Waals surface area (Å²) in [4.78, 5) is 12.9. The summed E-state index contributed by atoms with van der Waals surface area (Å²) in [5, 5.41) is 8.33. The molecule has 3 aromatic rings. The number of hydrogen-bond donors (Lipinski definition) is 2. The van der Waals surface area contributed by atoms with Crippen molar-refractivity contribution in [3.05, 3.63) is 30.4 Å². The van der Waals surface area contributed by atoms with E-state index in [0.717, 1.165) is 23.3 Å². The van der Waals surface area contributed by atoms with E-state index in [1.807, 2.05) is 36.7 Å². The average Bonchev–Trinajstić information content (AvgIpc) is 3.02. The van der Waals surface area contributed by atoms with Crippen LogP contribution in [0.1, 0.15) is 25.7 Å². The van der Waals surface area contributed by atoms with Gasteiger partial charge in [0.05, 0.1) is 24.1 Å². The maximum absolute atomic E-state index is 5.83. The summed E-state index contributed by atoms with van der Waals surface area (Å²) in [6, 6.07) is 5.51. The zero-order chi connectivity index (χ0) is 16.4. The molecule has 1 unspecified atom stereocenters. The molecule has 0 spiro atoms. The number of nitrogen functional groups attached to an aromatic ring is 1. The number of anilines is 2. The predicted molar refractivity (Wildman–Crippen MR) is 88.2 cm³/mol. The summed E-state index contributed by atoms with van der Waals surface area (Å²) in [5.41, 5.74) is 6.56. The number of nitrogens with one attached hydrogen (secondary N) is 1. The fourth-order valence-electron chi connectivity index (χ4n) is 2.57. The molecule has 2 aromatic heterocycles. The Kier molecular flexibility index (Phi) is 3.96. The third-order valence-electron chi connectivity index (χ3n) is 3.61. The molecule has 0 bridgehead atoms. The van der Waals surface area contributed by atoms with Crippen LogP contribution in [-0.2, 0) is 6.54 Å². The quantitative estimate of drug-likeness (QED) is 0.742. The van der Waals surface area contributed by atoms with Gasteiger partial charge in [-0.2, -0.15) is 10.1 Å². The highest BCUT2D eigenvalue weighted by atomic mass is 16.5. The zero-order valence-corrected chi connectivity index (χ0v) is 13.3. The number of hydrogen-bond acceptors (Lipinski definition) is 7. The van der Waals surface area contributed by atoms with Gasteiger partial charge in [-0.25, -0.2) is 14.6 Å². The van der Waals surface area contributed by atoms with E-state index in [4.69, 9.17) is 10.5 Å². The molecule has 3 N–H and O–H groups in total. The van der Waals surface area contributed by atoms with Crippen molar-refractivity contribution in [3.8, 4) is 5.75 Å². The second kappa shape index (κ2) is 6.07. The molecule has 0 fully saturated rings. The van der Waals surface area contributed by atoms with E-state index in [-0.39, 0.29) is 12.0 Å². The lowest BCUT2D eigenvalue weighted by molar-refractivity contribution is 0.419. The van der Waals surface area contributed by atoms with Gasteiger partial charge >= 0.3 is 0 Å². The Morgan fingerprint density at radius 3 is 2.91 bits per heavy atom. The zero-order valence-electron chi connectivity index (χ0n) is 13.3. The highest BCUT2D eigenvalue weighted by Crippen LogP contribution is 2.32. The summed E-state index contributed by atoms with van der Waals surface area (Å²) in [6.07, 6.45) is 1.55. The van der Waals surface area contributed by atoms with E-state index >= 15 is 0 Å². The Hall–Kier alpha value is -2.90. The number of rotatable bonds is 5. The SMILES string of the molecule is CCn1ncnc1C(C)Nc1nc(N)nc2cccc(OC)c12. The van der Waals surface area contributed by atoms with E-state index < -0.39 is 0 Å². The molecule has 23 heavy (non-hydrogen) atoms. The van der Waals surface area contributed by atoms with Gasteiger partial charge in [-0.1, -0.05) is 6.07 Å². The molecule has 8 heteroatoms. The van der Waals surface area contributed by atoms with Crippen LogP contribution >= 0.6 is 0 Å². The molecule has 1 aromatic carbocycles. The van der Waals surface area contributed by atoms with E-state index in [2.05, 4.69) is 25.4 Å². The average molecular weight is 313 g/mol. The lowest BCUT2D eigenvalue weighted by Crippen LogP contribution is -2.16. The van der Waals surface area contributed by atoms with Gasteiger partial charge in [0.1, 0.15) is 23.7 Å². The molecule has 0 saturated carbocycles. The summed E-state index contributed by atoms with van der Waals surface area (Å²) >= 11 is 0. The number of ether oxygens (including phenoxy) is 1. The summed E-state index contributed by atoms with van der Waals surface area (Å²) in [6.45, 7) is 4.76. The largest absolute Gasteiger partial charge is 0.496 e. The van der Waals surface area contributed by atoms with E-state index in [0.29, 0.717) is 11.6 Å². The molecule has 0 saturated heterocycles. The molecule has 0 aliphatic heterocycles. The van der Waals surface area contributed by atoms with Gasteiger partial charge in [0, 0.05) is 6.54 Å². The summed E-state index contributed by atoms with van der Waals surface area (Å²) in [7, 11) is 1.62. The molecule has 3 rings (SSSR count). The van der Waals surface area contributed by atoms with Crippen molar-refractivity contribution in [2.75, 3.05) is 18.2 Å². The second-order valence-corrected chi connectivity index (χ2v) is 5.08. The van der Waals surface area contributed by atoms with Crippen LogP contribution in [0.25, 0.3) is 10.9 Å². The van der Waals surface area contributed by atoms with E-state index in [9.17, 15) is 0 Å². The van der Waals surface area contributed by atoms with Crippen molar-refractivity contribution in [1.29, 1.82) is 0 Å². The van der Waals surface area contributed by atoms with Crippen LogP contribution < -0.4 is 15.8 Å². The molecule has 0 radical (unpaired) electrons. The summed E-state index contributed by atoms with van der Waals surface area (Å²) in [5.74, 6) is 2.34. The molecule has 120 valence electrons. The van der Waals surface area contributed by atoms with Gasteiger partial charge in [-0.15, -0.1) is 0 Å². The van der Waals surface area contributed by atoms with Crippen LogP contribution in [0, 0.1) is 0 Å². The molecule has 1 atom stereocenters. The van der Waals surface area contributed by atoms with Crippen molar-refractivity contribution in [3.63, 3.8) is 0 Å². The Morgan fingerprint density at radius 2 is 2.17 bits per heavy atom. The third kappa shape index (κ3) is 2.75. The smallest absolute Gasteiger partial charge is 0.222 e. The molecular formula is C15H19N7O. The van der Waals surface area contributed by atoms with Gasteiger partial charge < -0.3 is 15.8 Å². The van der Waals surface area contributed by atoms with Crippen molar-refractivity contribution >= 4 is 22.7 Å². The van der Waals surface area contributed by atoms with Gasteiger partial charge in [-0.3, -0.25) is 0 Å². The maximum atomic E-state index is 5.83. The van der Waals surface area contributed by atoms with Crippen molar-refractivity contribution in [1.82, 2.24) is 24.7 Å². The first kappa shape index (κ1) is 15.0. The van der Waals surface area contributed by atoms with Crippen LogP contribution in [0.4, 0.5) is 11.8 Å². The molecule has 2 heterocycles. The number of aromatic nitrogens is 5. The Bertz CT molecular complexity index is 830. The first-order valence-corrected chi connectivity index (χ1v) is 7.38. The minimum atomic E-state index is -0.0973. The monoisotopic (exact) mass is 313 g/mol. The van der Waals surface area contributed by atoms with E-state index in [1.54, 1.807) is 13.4 Å². The number of methoxy groups -OCH3 is 1. The lowest BCUT2D eigenvalue weighted by Gasteiger charge is -2.17. The molecule has 0 amide bonds. The third-order valence-corrected chi connectivity index (χ3v) is 3.61. The molecular weight excluding hydrogens is 294 g/mol. The number of nitrogens with zero attached hydrogens (tertiary/aromatic N) is 5. The molecule has 0 aliphatic carbocycles. The van der Waals surface area contributed by atoms with Crippen molar-refractivity contribution in [2.45, 2.75) is 26.4 Å². The maximum Gasteiger partial charge on any atom is 0.222 e. The fourth-order valence-corrected chi connectivity index (χ4v) is 2.57. The first-order valence-electron chi connectivity index (χ1n) is 7.38. The van der Waals surface area contributed by atoms with Gasteiger partial charge in [-0.05, 0) is 26.0 Å². The Labute approximate surface area is 133 Å². The van der Waals surface area contributed by atoms with Crippen molar-refractivity contribution < 1.29 is 4.74 Å². The normalized spacial score (nSPS) is 12.3. The van der Waals surface area contributed by atoms with Crippen LogP contribution in [0.15, 0.2) is 24.5 Å². The van der Waals surface area contributed by atoms with Gasteiger partial charge in [0.15, 0.2) is 0 Å². The minimum Gasteiger partial charge on any atom is -0.496 e.